The van der Waals surface area contributed by atoms with Gasteiger partial charge < -0.3 is 4.74 Å². The summed E-state index contributed by atoms with van der Waals surface area (Å²) in [7, 11) is 0. The summed E-state index contributed by atoms with van der Waals surface area (Å²) in [6.45, 7) is 4.41. The quantitative estimate of drug-likeness (QED) is 0.479. The van der Waals surface area contributed by atoms with Crippen molar-refractivity contribution < 1.29 is 9.53 Å². The second-order valence-corrected chi connectivity index (χ2v) is 6.77. The summed E-state index contributed by atoms with van der Waals surface area (Å²) in [5, 5.41) is 2.78. The predicted molar refractivity (Wildman–Crippen MR) is 109 cm³/mol. The molecule has 0 saturated carbocycles. The van der Waals surface area contributed by atoms with E-state index < -0.39 is 6.09 Å². The molecule has 2 aromatic rings. The van der Waals surface area contributed by atoms with Gasteiger partial charge in [-0.15, -0.1) is 0 Å². The molecule has 140 valence electrons. The van der Waals surface area contributed by atoms with Crippen LogP contribution < -0.4 is 10.1 Å². The molecule has 2 aromatic carbocycles. The zero-order chi connectivity index (χ0) is 18.6. The second kappa shape index (κ2) is 11.3. The first-order valence-electron chi connectivity index (χ1n) is 9.88. The van der Waals surface area contributed by atoms with Crippen molar-refractivity contribution in [3.63, 3.8) is 0 Å². The summed E-state index contributed by atoms with van der Waals surface area (Å²) >= 11 is 0. The summed E-state index contributed by atoms with van der Waals surface area (Å²) in [4.78, 5) is 12.0. The van der Waals surface area contributed by atoms with Gasteiger partial charge in [-0.05, 0) is 61.1 Å². The number of ether oxygens (including phenoxy) is 1. The second-order valence-electron chi connectivity index (χ2n) is 6.77. The first-order valence-corrected chi connectivity index (χ1v) is 9.88. The minimum absolute atomic E-state index is 0.456. The lowest BCUT2D eigenvalue weighted by atomic mass is 10.1. The lowest BCUT2D eigenvalue weighted by Gasteiger charge is -2.08. The van der Waals surface area contributed by atoms with Gasteiger partial charge in [0.15, 0.2) is 0 Å². The Labute approximate surface area is 157 Å². The number of unbranched alkanes of at least 4 members (excludes halogenated alkanes) is 4. The van der Waals surface area contributed by atoms with Crippen LogP contribution in [0.15, 0.2) is 48.5 Å². The van der Waals surface area contributed by atoms with Crippen molar-refractivity contribution in [3.8, 4) is 5.75 Å². The molecule has 26 heavy (non-hydrogen) atoms. The number of benzene rings is 2. The Morgan fingerprint density at radius 1 is 0.769 bits per heavy atom. The van der Waals surface area contributed by atoms with Gasteiger partial charge in [-0.2, -0.15) is 0 Å². The third-order valence-electron chi connectivity index (χ3n) is 4.47. The lowest BCUT2D eigenvalue weighted by molar-refractivity contribution is 0.215. The van der Waals surface area contributed by atoms with E-state index in [1.165, 1.54) is 49.7 Å². The summed E-state index contributed by atoms with van der Waals surface area (Å²) in [6.07, 6.45) is 9.10. The monoisotopic (exact) mass is 353 g/mol. The summed E-state index contributed by atoms with van der Waals surface area (Å²) in [5.41, 5.74) is 3.33. The molecule has 0 saturated heterocycles. The predicted octanol–water partition coefficient (Wildman–Crippen LogP) is 6.76. The van der Waals surface area contributed by atoms with Gasteiger partial charge in [-0.25, -0.2) is 4.79 Å². The fourth-order valence-electron chi connectivity index (χ4n) is 2.87. The van der Waals surface area contributed by atoms with Gasteiger partial charge in [-0.1, -0.05) is 63.8 Å². The van der Waals surface area contributed by atoms with Crippen molar-refractivity contribution in [3.05, 3.63) is 59.7 Å². The van der Waals surface area contributed by atoms with Crippen LogP contribution in [-0.4, -0.2) is 6.09 Å². The molecule has 0 aliphatic carbocycles. The van der Waals surface area contributed by atoms with Crippen LogP contribution in [0.5, 0.6) is 5.75 Å². The van der Waals surface area contributed by atoms with Crippen LogP contribution in [0.25, 0.3) is 0 Å². The van der Waals surface area contributed by atoms with Crippen LogP contribution in [0.2, 0.25) is 0 Å². The number of amides is 1. The van der Waals surface area contributed by atoms with Crippen molar-refractivity contribution in [2.24, 2.45) is 0 Å². The summed E-state index contributed by atoms with van der Waals surface area (Å²) in [5.74, 6) is 0.569. The van der Waals surface area contributed by atoms with E-state index in [0.717, 1.165) is 18.5 Å². The Morgan fingerprint density at radius 3 is 1.96 bits per heavy atom. The molecule has 2 rings (SSSR count). The van der Waals surface area contributed by atoms with Crippen molar-refractivity contribution >= 4 is 11.8 Å². The lowest BCUT2D eigenvalue weighted by Crippen LogP contribution is -2.16. The minimum atomic E-state index is -0.456. The highest BCUT2D eigenvalue weighted by Gasteiger charge is 2.05. The standard InChI is InChI=1S/C23H31NO2/c1-3-5-7-8-10-20-13-17-22(18-14-20)26-23(25)24-21-15-11-19(12-16-21)9-6-4-2/h11-18H,3-10H2,1-2H3,(H,24,25). The van der Waals surface area contributed by atoms with Crippen molar-refractivity contribution in [2.75, 3.05) is 5.32 Å². The molecule has 0 spiro atoms. The highest BCUT2D eigenvalue weighted by Crippen LogP contribution is 2.16. The molecule has 0 radical (unpaired) electrons. The van der Waals surface area contributed by atoms with E-state index in [9.17, 15) is 4.79 Å². The number of aryl methyl sites for hydroxylation is 2. The largest absolute Gasteiger partial charge is 0.417 e. The minimum Gasteiger partial charge on any atom is -0.410 e. The smallest absolute Gasteiger partial charge is 0.410 e. The molecule has 0 aliphatic rings. The normalized spacial score (nSPS) is 10.5. The van der Waals surface area contributed by atoms with Crippen LogP contribution in [-0.2, 0) is 12.8 Å². The number of rotatable bonds is 10. The number of anilines is 1. The third kappa shape index (κ3) is 7.30. The molecule has 3 heteroatoms. The van der Waals surface area contributed by atoms with Gasteiger partial charge in [-0.3, -0.25) is 5.32 Å². The molecule has 0 fully saturated rings. The van der Waals surface area contributed by atoms with Gasteiger partial charge >= 0.3 is 6.09 Å². The third-order valence-corrected chi connectivity index (χ3v) is 4.47. The molecular formula is C23H31NO2. The fourth-order valence-corrected chi connectivity index (χ4v) is 2.87. The summed E-state index contributed by atoms with van der Waals surface area (Å²) in [6, 6.07) is 15.8. The van der Waals surface area contributed by atoms with Crippen LogP contribution in [0, 0.1) is 0 Å². The van der Waals surface area contributed by atoms with Crippen molar-refractivity contribution in [2.45, 2.75) is 65.2 Å². The number of carbonyl (C=O) groups is 1. The molecule has 0 bridgehead atoms. The van der Waals surface area contributed by atoms with Crippen molar-refractivity contribution in [1.82, 2.24) is 0 Å². The van der Waals surface area contributed by atoms with E-state index in [2.05, 4.69) is 31.3 Å². The molecule has 0 heterocycles. The van der Waals surface area contributed by atoms with E-state index >= 15 is 0 Å². The fraction of sp³-hybridized carbons (Fsp3) is 0.435. The van der Waals surface area contributed by atoms with Gasteiger partial charge in [0.05, 0.1) is 0 Å². The zero-order valence-corrected chi connectivity index (χ0v) is 16.1. The first-order chi connectivity index (χ1) is 12.7. The molecule has 1 N–H and O–H groups in total. The molecule has 0 unspecified atom stereocenters. The topological polar surface area (TPSA) is 38.3 Å². The number of nitrogens with one attached hydrogen (secondary N) is 1. The van der Waals surface area contributed by atoms with Crippen LogP contribution in [0.1, 0.15) is 63.5 Å². The van der Waals surface area contributed by atoms with E-state index in [1.807, 2.05) is 36.4 Å². The Kier molecular flexibility index (Phi) is 8.74. The van der Waals surface area contributed by atoms with Gasteiger partial charge in [0.25, 0.3) is 0 Å². The van der Waals surface area contributed by atoms with Crippen LogP contribution in [0.3, 0.4) is 0 Å². The van der Waals surface area contributed by atoms with Crippen LogP contribution >= 0.6 is 0 Å². The Hall–Kier alpha value is -2.29. The maximum atomic E-state index is 12.0. The average Bonchev–Trinajstić information content (AvgIpc) is 2.66. The number of hydrogen-bond donors (Lipinski definition) is 1. The SMILES string of the molecule is CCCCCCc1ccc(OC(=O)Nc2ccc(CCCC)cc2)cc1. The maximum Gasteiger partial charge on any atom is 0.417 e. The van der Waals surface area contributed by atoms with E-state index in [4.69, 9.17) is 4.74 Å². The summed E-state index contributed by atoms with van der Waals surface area (Å²) < 4.78 is 5.36. The van der Waals surface area contributed by atoms with Gasteiger partial charge in [0, 0.05) is 5.69 Å². The van der Waals surface area contributed by atoms with Crippen molar-refractivity contribution in [1.29, 1.82) is 0 Å². The molecular weight excluding hydrogens is 322 g/mol. The van der Waals surface area contributed by atoms with E-state index in [0.29, 0.717) is 5.75 Å². The Bertz CT molecular complexity index is 647. The first kappa shape index (κ1) is 20.0. The van der Waals surface area contributed by atoms with E-state index in [-0.39, 0.29) is 0 Å². The highest BCUT2D eigenvalue weighted by molar-refractivity contribution is 5.86. The molecule has 3 nitrogen and oxygen atoms in total. The molecule has 1 amide bonds. The molecule has 0 aliphatic heterocycles. The highest BCUT2D eigenvalue weighted by atomic mass is 16.6. The Morgan fingerprint density at radius 2 is 1.35 bits per heavy atom. The average molecular weight is 354 g/mol. The van der Waals surface area contributed by atoms with Gasteiger partial charge in [0.1, 0.15) is 5.75 Å². The van der Waals surface area contributed by atoms with Gasteiger partial charge in [0.2, 0.25) is 0 Å². The zero-order valence-electron chi connectivity index (χ0n) is 16.1. The van der Waals surface area contributed by atoms with E-state index in [1.54, 1.807) is 0 Å². The Balaban J connectivity index is 1.78. The molecule has 0 aromatic heterocycles. The number of carbonyl (C=O) groups excluding carboxylic acids is 1. The number of hydrogen-bond acceptors (Lipinski definition) is 2. The van der Waals surface area contributed by atoms with Crippen LogP contribution in [0.4, 0.5) is 10.5 Å². The molecule has 0 atom stereocenters. The maximum absolute atomic E-state index is 12.0.